The third-order valence-corrected chi connectivity index (χ3v) is 6.07. The monoisotopic (exact) mass is 346 g/mol. The van der Waals surface area contributed by atoms with Crippen molar-refractivity contribution >= 4 is 11.9 Å². The summed E-state index contributed by atoms with van der Waals surface area (Å²) in [5.41, 5.74) is 2.41. The second-order valence-corrected chi connectivity index (χ2v) is 7.98. The number of carbonyl (C=O) groups excluding carboxylic acids is 1. The van der Waals surface area contributed by atoms with Gasteiger partial charge in [0.25, 0.3) is 0 Å². The molecule has 0 aromatic heterocycles. The van der Waals surface area contributed by atoms with E-state index in [1.165, 1.54) is 0 Å². The predicted octanol–water partition coefficient (Wildman–Crippen LogP) is 4.67. The number of hydrogen-bond acceptors (Lipinski definition) is 3. The summed E-state index contributed by atoms with van der Waals surface area (Å²) in [6.45, 7) is 14.1. The van der Waals surface area contributed by atoms with Crippen molar-refractivity contribution in [2.75, 3.05) is 0 Å². The topological polar surface area (TPSA) is 63.6 Å². The summed E-state index contributed by atoms with van der Waals surface area (Å²) in [6.07, 6.45) is 6.26. The molecular weight excluding hydrogens is 316 g/mol. The normalized spacial score (nSPS) is 32.7. The molecule has 2 fully saturated rings. The molecule has 25 heavy (non-hydrogen) atoms. The van der Waals surface area contributed by atoms with E-state index in [1.807, 2.05) is 13.8 Å². The maximum atomic E-state index is 12.1. The minimum Gasteiger partial charge on any atom is -0.478 e. The Morgan fingerprint density at radius 1 is 1.44 bits per heavy atom. The SMILES string of the molecule is C=C(C(=O)O)[C@@H]1CC[C@@]2(C)C[C@@H](OC(=O)/C=C(\C)CC)CC(=C)[C@@H]2C1. The summed E-state index contributed by atoms with van der Waals surface area (Å²) in [5, 5.41) is 9.21. The Bertz CT molecular complexity index is 615. The smallest absolute Gasteiger partial charge is 0.331 e. The lowest BCUT2D eigenvalue weighted by molar-refractivity contribution is -0.147. The number of carboxylic acid groups (broad SMARTS) is 1. The van der Waals surface area contributed by atoms with Gasteiger partial charge in [-0.15, -0.1) is 0 Å². The van der Waals surface area contributed by atoms with Crippen LogP contribution in [0.2, 0.25) is 0 Å². The molecule has 138 valence electrons. The van der Waals surface area contributed by atoms with Gasteiger partial charge in [0.2, 0.25) is 0 Å². The standard InChI is InChI=1S/C21H30O4/c1-6-13(2)9-19(22)25-17-10-14(3)18-11-16(15(4)20(23)24)7-8-21(18,5)12-17/h9,16-18H,3-4,6-8,10-12H2,1-2,5H3,(H,23,24)/b13-9+/t16-,17+,18+,21+/m1/s1. The number of aliphatic carboxylic acids is 1. The van der Waals surface area contributed by atoms with Gasteiger partial charge in [-0.25, -0.2) is 9.59 Å². The van der Waals surface area contributed by atoms with Crippen LogP contribution in [0.4, 0.5) is 0 Å². The van der Waals surface area contributed by atoms with Crippen LogP contribution in [0.25, 0.3) is 0 Å². The van der Waals surface area contributed by atoms with E-state index in [4.69, 9.17) is 4.74 Å². The van der Waals surface area contributed by atoms with Crippen LogP contribution in [-0.4, -0.2) is 23.1 Å². The predicted molar refractivity (Wildman–Crippen MR) is 98.0 cm³/mol. The van der Waals surface area contributed by atoms with Crippen LogP contribution in [-0.2, 0) is 14.3 Å². The highest BCUT2D eigenvalue weighted by Crippen LogP contribution is 2.54. The molecule has 2 aliphatic rings. The van der Waals surface area contributed by atoms with Crippen molar-refractivity contribution in [3.05, 3.63) is 36.0 Å². The van der Waals surface area contributed by atoms with Gasteiger partial charge in [0.05, 0.1) is 0 Å². The third kappa shape index (κ3) is 4.42. The molecule has 0 amide bonds. The largest absolute Gasteiger partial charge is 0.478 e. The van der Waals surface area contributed by atoms with Crippen LogP contribution in [0.3, 0.4) is 0 Å². The number of hydrogen-bond donors (Lipinski definition) is 1. The van der Waals surface area contributed by atoms with Gasteiger partial charge < -0.3 is 9.84 Å². The lowest BCUT2D eigenvalue weighted by atomic mass is 9.55. The van der Waals surface area contributed by atoms with Crippen molar-refractivity contribution in [3.63, 3.8) is 0 Å². The molecule has 0 bridgehead atoms. The molecule has 0 heterocycles. The molecule has 0 radical (unpaired) electrons. The number of carbonyl (C=O) groups is 2. The number of esters is 1. The highest BCUT2D eigenvalue weighted by molar-refractivity contribution is 5.86. The first-order valence-corrected chi connectivity index (χ1v) is 9.13. The van der Waals surface area contributed by atoms with E-state index in [2.05, 4.69) is 20.1 Å². The molecule has 0 spiro atoms. The minimum absolute atomic E-state index is 0.0130. The molecule has 2 saturated carbocycles. The van der Waals surface area contributed by atoms with Gasteiger partial charge in [0.1, 0.15) is 6.10 Å². The second-order valence-electron chi connectivity index (χ2n) is 7.98. The van der Waals surface area contributed by atoms with Crippen LogP contribution in [0.15, 0.2) is 36.0 Å². The van der Waals surface area contributed by atoms with Crippen LogP contribution in [0.1, 0.15) is 59.3 Å². The summed E-state index contributed by atoms with van der Waals surface area (Å²) < 4.78 is 5.67. The molecule has 1 N–H and O–H groups in total. The van der Waals surface area contributed by atoms with Crippen molar-refractivity contribution in [2.45, 2.75) is 65.4 Å². The van der Waals surface area contributed by atoms with Crippen LogP contribution >= 0.6 is 0 Å². The molecule has 4 atom stereocenters. The first-order chi connectivity index (χ1) is 11.7. The molecule has 0 aromatic carbocycles. The highest BCUT2D eigenvalue weighted by atomic mass is 16.5. The fourth-order valence-electron chi connectivity index (χ4n) is 4.37. The van der Waals surface area contributed by atoms with Crippen molar-refractivity contribution in [2.24, 2.45) is 17.3 Å². The quantitative estimate of drug-likeness (QED) is 0.446. The molecule has 0 saturated heterocycles. The van der Waals surface area contributed by atoms with Crippen molar-refractivity contribution in [3.8, 4) is 0 Å². The van der Waals surface area contributed by atoms with E-state index in [9.17, 15) is 14.7 Å². The summed E-state index contributed by atoms with van der Waals surface area (Å²) >= 11 is 0. The average molecular weight is 346 g/mol. The molecular formula is C21H30O4. The highest BCUT2D eigenvalue weighted by Gasteiger charge is 2.47. The Labute approximate surface area is 150 Å². The van der Waals surface area contributed by atoms with E-state index >= 15 is 0 Å². The number of allylic oxidation sites excluding steroid dienone is 1. The summed E-state index contributed by atoms with van der Waals surface area (Å²) in [6, 6.07) is 0. The molecule has 0 aliphatic heterocycles. The Balaban J connectivity index is 2.05. The van der Waals surface area contributed by atoms with Crippen LogP contribution < -0.4 is 0 Å². The van der Waals surface area contributed by atoms with Crippen molar-refractivity contribution < 1.29 is 19.4 Å². The van der Waals surface area contributed by atoms with E-state index in [0.717, 1.165) is 43.3 Å². The number of ether oxygens (including phenoxy) is 1. The maximum absolute atomic E-state index is 12.1. The van der Waals surface area contributed by atoms with Gasteiger partial charge in [-0.05, 0) is 56.3 Å². The Morgan fingerprint density at radius 2 is 2.12 bits per heavy atom. The minimum atomic E-state index is -0.903. The Kier molecular flexibility index (Phi) is 5.91. The van der Waals surface area contributed by atoms with Gasteiger partial charge in [-0.3, -0.25) is 0 Å². The van der Waals surface area contributed by atoms with Crippen molar-refractivity contribution in [1.82, 2.24) is 0 Å². The molecule has 4 heteroatoms. The molecule has 2 aliphatic carbocycles. The zero-order valence-electron chi connectivity index (χ0n) is 15.6. The molecule has 0 unspecified atom stereocenters. The zero-order chi connectivity index (χ0) is 18.8. The van der Waals surface area contributed by atoms with Crippen LogP contribution in [0.5, 0.6) is 0 Å². The second kappa shape index (κ2) is 7.59. The van der Waals surface area contributed by atoms with E-state index in [0.29, 0.717) is 12.0 Å². The van der Waals surface area contributed by atoms with Gasteiger partial charge in [-0.1, -0.05) is 38.2 Å². The molecule has 2 rings (SSSR count). The molecule has 0 aromatic rings. The van der Waals surface area contributed by atoms with Gasteiger partial charge in [0, 0.05) is 18.1 Å². The third-order valence-electron chi connectivity index (χ3n) is 6.07. The van der Waals surface area contributed by atoms with Crippen molar-refractivity contribution in [1.29, 1.82) is 0 Å². The lowest BCUT2D eigenvalue weighted by Crippen LogP contribution is -2.44. The number of fused-ring (bicyclic) bond motifs is 1. The number of carboxylic acids is 1. The summed E-state index contributed by atoms with van der Waals surface area (Å²) in [4.78, 5) is 23.3. The van der Waals surface area contributed by atoms with E-state index in [1.54, 1.807) is 6.08 Å². The van der Waals surface area contributed by atoms with Gasteiger partial charge in [-0.2, -0.15) is 0 Å². The van der Waals surface area contributed by atoms with Gasteiger partial charge >= 0.3 is 11.9 Å². The maximum Gasteiger partial charge on any atom is 0.331 e. The first-order valence-electron chi connectivity index (χ1n) is 9.13. The first kappa shape index (κ1) is 19.5. The Morgan fingerprint density at radius 3 is 2.72 bits per heavy atom. The molecule has 4 nitrogen and oxygen atoms in total. The number of rotatable bonds is 5. The fourth-order valence-corrected chi connectivity index (χ4v) is 4.37. The summed E-state index contributed by atoms with van der Waals surface area (Å²) in [5.74, 6) is -0.890. The van der Waals surface area contributed by atoms with E-state index in [-0.39, 0.29) is 29.3 Å². The average Bonchev–Trinajstić information content (AvgIpc) is 2.53. The van der Waals surface area contributed by atoms with E-state index < -0.39 is 5.97 Å². The Hall–Kier alpha value is -1.84. The summed E-state index contributed by atoms with van der Waals surface area (Å²) in [7, 11) is 0. The fraction of sp³-hybridized carbons (Fsp3) is 0.619. The van der Waals surface area contributed by atoms with Crippen LogP contribution in [0, 0.1) is 17.3 Å². The lowest BCUT2D eigenvalue weighted by Gasteiger charge is -2.50. The van der Waals surface area contributed by atoms with Gasteiger partial charge in [0.15, 0.2) is 0 Å². The zero-order valence-corrected chi connectivity index (χ0v) is 15.6.